The SMILES string of the molecule is CC(C)COC(=O)/C=C/c1ccccc1P(=S)(C1CCCCC1)C1CCCCC1. The smallest absolute Gasteiger partial charge is 0.330 e. The van der Waals surface area contributed by atoms with Crippen LogP contribution in [0.4, 0.5) is 0 Å². The van der Waals surface area contributed by atoms with Gasteiger partial charge in [-0.05, 0) is 65.9 Å². The Kier molecular flexibility index (Phi) is 8.57. The summed E-state index contributed by atoms with van der Waals surface area (Å²) in [5.74, 6) is 0.0978. The van der Waals surface area contributed by atoms with Gasteiger partial charge in [0.2, 0.25) is 0 Å². The molecule has 0 amide bonds. The lowest BCUT2D eigenvalue weighted by molar-refractivity contribution is -0.138. The zero-order chi connectivity index (χ0) is 20.7. The first-order valence-electron chi connectivity index (χ1n) is 11.6. The van der Waals surface area contributed by atoms with Crippen LogP contribution < -0.4 is 5.30 Å². The molecule has 2 aliphatic carbocycles. The van der Waals surface area contributed by atoms with Crippen molar-refractivity contribution in [2.45, 2.75) is 89.4 Å². The van der Waals surface area contributed by atoms with E-state index in [-0.39, 0.29) is 5.97 Å². The van der Waals surface area contributed by atoms with Crippen molar-refractivity contribution < 1.29 is 9.53 Å². The van der Waals surface area contributed by atoms with Crippen LogP contribution in [0.25, 0.3) is 6.08 Å². The molecule has 2 fully saturated rings. The van der Waals surface area contributed by atoms with Gasteiger partial charge >= 0.3 is 5.97 Å². The fourth-order valence-corrected chi connectivity index (χ4v) is 11.3. The van der Waals surface area contributed by atoms with Gasteiger partial charge in [0.05, 0.1) is 6.61 Å². The Labute approximate surface area is 182 Å². The van der Waals surface area contributed by atoms with E-state index >= 15 is 0 Å². The van der Waals surface area contributed by atoms with Gasteiger partial charge in [-0.1, -0.05) is 88.4 Å². The molecule has 0 unspecified atom stereocenters. The standard InChI is InChI=1S/C25H37O2PS/c1-20(2)19-27-25(26)18-17-21-11-9-10-16-24(21)28(29,22-12-5-3-6-13-22)23-14-7-4-8-15-23/h9-11,16-18,20,22-23H,3-8,12-15,19H2,1-2H3/b18-17+. The molecule has 0 heterocycles. The molecule has 4 heteroatoms. The van der Waals surface area contributed by atoms with Crippen molar-refractivity contribution in [1.29, 1.82) is 0 Å². The summed E-state index contributed by atoms with van der Waals surface area (Å²) in [6.07, 6.45) is 16.8. The third-order valence-electron chi connectivity index (χ3n) is 6.51. The summed E-state index contributed by atoms with van der Waals surface area (Å²) < 4.78 is 5.34. The molecule has 0 bridgehead atoms. The first kappa shape index (κ1) is 22.8. The van der Waals surface area contributed by atoms with Crippen molar-refractivity contribution in [1.82, 2.24) is 0 Å². The van der Waals surface area contributed by atoms with Crippen LogP contribution in [0.5, 0.6) is 0 Å². The van der Waals surface area contributed by atoms with E-state index in [1.807, 2.05) is 6.08 Å². The van der Waals surface area contributed by atoms with E-state index in [1.54, 1.807) is 6.08 Å². The topological polar surface area (TPSA) is 26.3 Å². The average molecular weight is 433 g/mol. The van der Waals surface area contributed by atoms with Crippen molar-refractivity contribution in [3.8, 4) is 0 Å². The Morgan fingerprint density at radius 2 is 1.59 bits per heavy atom. The molecule has 3 rings (SSSR count). The van der Waals surface area contributed by atoms with Gasteiger partial charge < -0.3 is 4.74 Å². The molecule has 1 aromatic carbocycles. The zero-order valence-electron chi connectivity index (χ0n) is 18.1. The normalized spacial score (nSPS) is 19.7. The van der Waals surface area contributed by atoms with Crippen LogP contribution in [0.1, 0.15) is 83.6 Å². The lowest BCUT2D eigenvalue weighted by atomic mass is 9.99. The molecule has 29 heavy (non-hydrogen) atoms. The summed E-state index contributed by atoms with van der Waals surface area (Å²) in [6.45, 7) is 4.57. The Balaban J connectivity index is 1.91. The van der Waals surface area contributed by atoms with Gasteiger partial charge in [0.15, 0.2) is 0 Å². The maximum absolute atomic E-state index is 12.2. The van der Waals surface area contributed by atoms with Crippen LogP contribution in [0.2, 0.25) is 0 Å². The van der Waals surface area contributed by atoms with Crippen molar-refractivity contribution >= 4 is 35.2 Å². The van der Waals surface area contributed by atoms with Crippen LogP contribution in [0.15, 0.2) is 30.3 Å². The molecule has 0 atom stereocenters. The monoisotopic (exact) mass is 432 g/mol. The lowest BCUT2D eigenvalue weighted by Gasteiger charge is -2.42. The maximum Gasteiger partial charge on any atom is 0.330 e. The number of carbonyl (C=O) groups is 1. The highest BCUT2D eigenvalue weighted by molar-refractivity contribution is 8.19. The van der Waals surface area contributed by atoms with E-state index in [0.717, 1.165) is 5.56 Å². The van der Waals surface area contributed by atoms with Crippen molar-refractivity contribution in [3.63, 3.8) is 0 Å². The molecule has 0 spiro atoms. The highest BCUT2D eigenvalue weighted by Crippen LogP contribution is 2.62. The summed E-state index contributed by atoms with van der Waals surface area (Å²) >= 11 is 6.72. The Bertz CT molecular complexity index is 721. The molecule has 2 aliphatic rings. The van der Waals surface area contributed by atoms with Gasteiger partial charge in [0.1, 0.15) is 0 Å². The summed E-state index contributed by atoms with van der Waals surface area (Å²) in [6, 6.07) is 6.93. The second-order valence-corrected chi connectivity index (χ2v) is 14.4. The molecular weight excluding hydrogens is 395 g/mol. The number of ether oxygens (including phenoxy) is 1. The van der Waals surface area contributed by atoms with E-state index in [1.165, 1.54) is 69.5 Å². The molecule has 2 nitrogen and oxygen atoms in total. The largest absolute Gasteiger partial charge is 0.462 e. The molecule has 0 saturated heterocycles. The third-order valence-corrected chi connectivity index (χ3v) is 13.2. The summed E-state index contributed by atoms with van der Waals surface area (Å²) in [5.41, 5.74) is 2.50. The highest BCUT2D eigenvalue weighted by Gasteiger charge is 2.39. The second kappa shape index (κ2) is 10.9. The van der Waals surface area contributed by atoms with Crippen LogP contribution in [0.3, 0.4) is 0 Å². The quantitative estimate of drug-likeness (QED) is 0.273. The van der Waals surface area contributed by atoms with Gasteiger partial charge in [-0.2, -0.15) is 0 Å². The van der Waals surface area contributed by atoms with Crippen molar-refractivity contribution in [2.75, 3.05) is 6.61 Å². The van der Waals surface area contributed by atoms with Crippen molar-refractivity contribution in [2.24, 2.45) is 5.92 Å². The molecule has 0 radical (unpaired) electrons. The summed E-state index contributed by atoms with van der Waals surface area (Å²) in [4.78, 5) is 12.2. The fourth-order valence-electron chi connectivity index (χ4n) is 5.02. The molecule has 0 aliphatic heterocycles. The first-order chi connectivity index (χ1) is 14.0. The van der Waals surface area contributed by atoms with Crippen LogP contribution in [-0.4, -0.2) is 23.9 Å². The van der Waals surface area contributed by atoms with Gasteiger partial charge in [-0.25, -0.2) is 4.79 Å². The Morgan fingerprint density at radius 3 is 2.14 bits per heavy atom. The minimum absolute atomic E-state index is 0.253. The van der Waals surface area contributed by atoms with Crippen LogP contribution >= 0.6 is 6.04 Å². The Morgan fingerprint density at radius 1 is 1.03 bits per heavy atom. The molecule has 160 valence electrons. The van der Waals surface area contributed by atoms with Gasteiger partial charge in [0, 0.05) is 6.08 Å². The minimum atomic E-state index is -1.72. The molecular formula is C25H37O2PS. The second-order valence-electron chi connectivity index (χ2n) is 9.21. The molecule has 1 aromatic rings. The zero-order valence-corrected chi connectivity index (χ0v) is 19.9. The van der Waals surface area contributed by atoms with E-state index in [9.17, 15) is 4.79 Å². The van der Waals surface area contributed by atoms with E-state index < -0.39 is 6.04 Å². The first-order valence-corrected chi connectivity index (χ1v) is 14.5. The molecule has 0 aromatic heterocycles. The van der Waals surface area contributed by atoms with Gasteiger partial charge in [0.25, 0.3) is 0 Å². The number of hydrogen-bond acceptors (Lipinski definition) is 3. The van der Waals surface area contributed by atoms with Crippen LogP contribution in [-0.2, 0) is 21.3 Å². The predicted molar refractivity (Wildman–Crippen MR) is 129 cm³/mol. The third kappa shape index (κ3) is 5.82. The summed E-state index contributed by atoms with van der Waals surface area (Å²) in [5, 5.41) is 1.38. The number of benzene rings is 1. The fraction of sp³-hybridized carbons (Fsp3) is 0.640. The number of carbonyl (C=O) groups excluding carboxylic acids is 1. The molecule has 2 saturated carbocycles. The van der Waals surface area contributed by atoms with Gasteiger partial charge in [-0.3, -0.25) is 0 Å². The molecule has 0 N–H and O–H groups in total. The number of esters is 1. The lowest BCUT2D eigenvalue weighted by Crippen LogP contribution is -2.30. The predicted octanol–water partition coefficient (Wildman–Crippen LogP) is 6.67. The average Bonchev–Trinajstić information content (AvgIpc) is 2.77. The van der Waals surface area contributed by atoms with Crippen LogP contribution in [0, 0.1) is 5.92 Å². The minimum Gasteiger partial charge on any atom is -0.462 e. The van der Waals surface area contributed by atoms with Gasteiger partial charge in [-0.15, -0.1) is 0 Å². The summed E-state index contributed by atoms with van der Waals surface area (Å²) in [7, 11) is 0. The van der Waals surface area contributed by atoms with Crippen molar-refractivity contribution in [3.05, 3.63) is 35.9 Å². The van der Waals surface area contributed by atoms with E-state index in [0.29, 0.717) is 23.8 Å². The Hall–Kier alpha value is -0.920. The number of rotatable bonds is 7. The van der Waals surface area contributed by atoms with E-state index in [4.69, 9.17) is 16.5 Å². The maximum atomic E-state index is 12.2. The van der Waals surface area contributed by atoms with E-state index in [2.05, 4.69) is 38.1 Å². The number of hydrogen-bond donors (Lipinski definition) is 0. The highest BCUT2D eigenvalue weighted by atomic mass is 32.4.